The second kappa shape index (κ2) is 6.08. The zero-order valence-electron chi connectivity index (χ0n) is 9.83. The molecule has 1 saturated heterocycles. The van der Waals surface area contributed by atoms with E-state index in [1.54, 1.807) is 0 Å². The molecule has 0 spiro atoms. The number of hydrazine groups is 1. The maximum absolute atomic E-state index is 11.6. The van der Waals surface area contributed by atoms with Crippen molar-refractivity contribution in [3.05, 3.63) is 0 Å². The first-order valence-corrected chi connectivity index (χ1v) is 5.89. The highest BCUT2D eigenvalue weighted by atomic mass is 16.2. The fourth-order valence-electron chi connectivity index (χ4n) is 1.68. The molecule has 88 valence electrons. The molecule has 1 amide bonds. The van der Waals surface area contributed by atoms with Crippen molar-refractivity contribution in [3.63, 3.8) is 0 Å². The van der Waals surface area contributed by atoms with Crippen LogP contribution in [0.2, 0.25) is 0 Å². The molecule has 4 nitrogen and oxygen atoms in total. The van der Waals surface area contributed by atoms with Crippen LogP contribution in [0, 0.1) is 5.92 Å². The summed E-state index contributed by atoms with van der Waals surface area (Å²) in [7, 11) is 0. The van der Waals surface area contributed by atoms with E-state index in [1.807, 2.05) is 18.9 Å². The van der Waals surface area contributed by atoms with Crippen LogP contribution in [0.15, 0.2) is 0 Å². The quantitative estimate of drug-likeness (QED) is 0.728. The Bertz CT molecular complexity index is 200. The molecule has 0 aromatic heterocycles. The van der Waals surface area contributed by atoms with Gasteiger partial charge in [-0.05, 0) is 18.8 Å². The number of nitrogens with one attached hydrogen (secondary N) is 1. The Labute approximate surface area is 92.2 Å². The fraction of sp³-hybridized carbons (Fsp3) is 0.909. The highest BCUT2D eigenvalue weighted by Gasteiger charge is 2.16. The molecule has 4 heteroatoms. The van der Waals surface area contributed by atoms with Gasteiger partial charge in [0.25, 0.3) is 0 Å². The third kappa shape index (κ3) is 4.62. The molecule has 15 heavy (non-hydrogen) atoms. The lowest BCUT2D eigenvalue weighted by Gasteiger charge is -2.27. The van der Waals surface area contributed by atoms with E-state index in [0.717, 1.165) is 13.1 Å². The maximum Gasteiger partial charge on any atom is 0.235 e. The molecule has 3 N–H and O–H groups in total. The summed E-state index contributed by atoms with van der Waals surface area (Å²) in [4.78, 5) is 11.6. The van der Waals surface area contributed by atoms with Gasteiger partial charge < -0.3 is 5.73 Å². The van der Waals surface area contributed by atoms with E-state index in [9.17, 15) is 4.79 Å². The summed E-state index contributed by atoms with van der Waals surface area (Å²) in [6, 6.07) is -0.0326. The minimum atomic E-state index is -0.0326. The van der Waals surface area contributed by atoms with Crippen molar-refractivity contribution >= 4 is 5.91 Å². The average molecular weight is 213 g/mol. The number of rotatable bonds is 4. The summed E-state index contributed by atoms with van der Waals surface area (Å²) in [5, 5.41) is 2.01. The van der Waals surface area contributed by atoms with Gasteiger partial charge in [-0.3, -0.25) is 10.2 Å². The van der Waals surface area contributed by atoms with Crippen molar-refractivity contribution in [2.45, 2.75) is 45.6 Å². The number of carbonyl (C=O) groups is 1. The molecule has 1 atom stereocenters. The van der Waals surface area contributed by atoms with E-state index in [0.29, 0.717) is 12.3 Å². The van der Waals surface area contributed by atoms with Gasteiger partial charge in [-0.2, -0.15) is 0 Å². The van der Waals surface area contributed by atoms with Crippen LogP contribution in [0.5, 0.6) is 0 Å². The van der Waals surface area contributed by atoms with Crippen molar-refractivity contribution in [3.8, 4) is 0 Å². The van der Waals surface area contributed by atoms with E-state index in [-0.39, 0.29) is 11.9 Å². The Morgan fingerprint density at radius 1 is 1.33 bits per heavy atom. The normalized spacial score (nSPS) is 20.3. The Hall–Kier alpha value is -0.610. The third-order valence-electron chi connectivity index (χ3n) is 2.92. The Morgan fingerprint density at radius 3 is 2.47 bits per heavy atom. The molecule has 1 aliphatic rings. The molecule has 1 rings (SSSR count). The van der Waals surface area contributed by atoms with Gasteiger partial charge in [0.2, 0.25) is 5.91 Å². The molecule has 0 aromatic rings. The highest BCUT2D eigenvalue weighted by Crippen LogP contribution is 2.07. The number of hydrogen-bond donors (Lipinski definition) is 2. The van der Waals surface area contributed by atoms with Crippen LogP contribution in [0.3, 0.4) is 0 Å². The van der Waals surface area contributed by atoms with Gasteiger partial charge in [0.05, 0.1) is 0 Å². The first kappa shape index (κ1) is 12.5. The summed E-state index contributed by atoms with van der Waals surface area (Å²) in [6.07, 6.45) is 4.05. The summed E-state index contributed by atoms with van der Waals surface area (Å²) < 4.78 is 0. The minimum absolute atomic E-state index is 0.0326. The van der Waals surface area contributed by atoms with Crippen molar-refractivity contribution in [1.29, 1.82) is 0 Å². The largest absolute Gasteiger partial charge is 0.327 e. The number of piperidine rings is 1. The van der Waals surface area contributed by atoms with Crippen molar-refractivity contribution in [1.82, 2.24) is 10.4 Å². The van der Waals surface area contributed by atoms with Gasteiger partial charge in [0, 0.05) is 25.6 Å². The van der Waals surface area contributed by atoms with Crippen molar-refractivity contribution in [2.24, 2.45) is 11.7 Å². The summed E-state index contributed by atoms with van der Waals surface area (Å²) in [6.45, 7) is 6.03. The number of amides is 1. The number of nitrogens with zero attached hydrogens (tertiary/aromatic N) is 1. The predicted octanol–water partition coefficient (Wildman–Crippen LogP) is 0.877. The lowest BCUT2D eigenvalue weighted by Crippen LogP contribution is -2.47. The van der Waals surface area contributed by atoms with Gasteiger partial charge >= 0.3 is 0 Å². The summed E-state index contributed by atoms with van der Waals surface area (Å²) in [5.41, 5.74) is 8.76. The number of nitrogens with two attached hydrogens (primary N) is 1. The average Bonchev–Trinajstić information content (AvgIpc) is 2.18. The molecule has 1 unspecified atom stereocenters. The van der Waals surface area contributed by atoms with Crippen LogP contribution in [-0.4, -0.2) is 30.0 Å². The molecule has 0 aromatic carbocycles. The van der Waals surface area contributed by atoms with E-state index in [2.05, 4.69) is 5.43 Å². The van der Waals surface area contributed by atoms with Crippen LogP contribution in [0.25, 0.3) is 0 Å². The molecule has 1 heterocycles. The highest BCUT2D eigenvalue weighted by molar-refractivity contribution is 5.76. The van der Waals surface area contributed by atoms with Crippen molar-refractivity contribution < 1.29 is 4.79 Å². The topological polar surface area (TPSA) is 58.4 Å². The first-order chi connectivity index (χ1) is 7.09. The van der Waals surface area contributed by atoms with Crippen molar-refractivity contribution in [2.75, 3.05) is 13.1 Å². The number of carbonyl (C=O) groups excluding carboxylic acids is 1. The molecule has 1 aliphatic heterocycles. The lowest BCUT2D eigenvalue weighted by molar-refractivity contribution is -0.126. The van der Waals surface area contributed by atoms with E-state index in [1.165, 1.54) is 19.3 Å². The zero-order valence-corrected chi connectivity index (χ0v) is 9.83. The Kier molecular flexibility index (Phi) is 5.05. The maximum atomic E-state index is 11.6. The summed E-state index contributed by atoms with van der Waals surface area (Å²) >= 11 is 0. The lowest BCUT2D eigenvalue weighted by atomic mass is 10.0. The fourth-order valence-corrected chi connectivity index (χ4v) is 1.68. The molecular weight excluding hydrogens is 190 g/mol. The molecule has 0 bridgehead atoms. The van der Waals surface area contributed by atoms with Gasteiger partial charge in [-0.15, -0.1) is 0 Å². The van der Waals surface area contributed by atoms with E-state index >= 15 is 0 Å². The summed E-state index contributed by atoms with van der Waals surface area (Å²) in [5.74, 6) is 0.412. The standard InChI is InChI=1S/C11H23N3O/c1-9(2)10(12)8-11(15)13-14-6-4-3-5-7-14/h9-10H,3-8,12H2,1-2H3,(H,13,15). The minimum Gasteiger partial charge on any atom is -0.327 e. The molecule has 0 saturated carbocycles. The Balaban J connectivity index is 2.22. The van der Waals surface area contributed by atoms with E-state index in [4.69, 9.17) is 5.73 Å². The van der Waals surface area contributed by atoms with Crippen LogP contribution in [0.4, 0.5) is 0 Å². The predicted molar refractivity (Wildman–Crippen MR) is 61.0 cm³/mol. The second-order valence-electron chi connectivity index (χ2n) is 4.69. The van der Waals surface area contributed by atoms with Crippen LogP contribution < -0.4 is 11.2 Å². The SMILES string of the molecule is CC(C)C(N)CC(=O)NN1CCCCC1. The Morgan fingerprint density at radius 2 is 1.93 bits per heavy atom. The van der Waals surface area contributed by atoms with Gasteiger partial charge in [-0.1, -0.05) is 20.3 Å². The third-order valence-corrected chi connectivity index (χ3v) is 2.92. The smallest absolute Gasteiger partial charge is 0.235 e. The van der Waals surface area contributed by atoms with Gasteiger partial charge in [0.15, 0.2) is 0 Å². The molecule has 1 fully saturated rings. The van der Waals surface area contributed by atoms with Gasteiger partial charge in [-0.25, -0.2) is 5.01 Å². The van der Waals surface area contributed by atoms with E-state index < -0.39 is 0 Å². The number of hydrogen-bond acceptors (Lipinski definition) is 3. The molecular formula is C11H23N3O. The molecule has 0 radical (unpaired) electrons. The van der Waals surface area contributed by atoms with Crippen LogP contribution in [0.1, 0.15) is 39.5 Å². The van der Waals surface area contributed by atoms with Crippen LogP contribution >= 0.6 is 0 Å². The monoisotopic (exact) mass is 213 g/mol. The van der Waals surface area contributed by atoms with Gasteiger partial charge in [0.1, 0.15) is 0 Å². The first-order valence-electron chi connectivity index (χ1n) is 5.89. The zero-order chi connectivity index (χ0) is 11.3. The molecule has 0 aliphatic carbocycles. The van der Waals surface area contributed by atoms with Crippen LogP contribution in [-0.2, 0) is 4.79 Å². The second-order valence-corrected chi connectivity index (χ2v) is 4.69.